The van der Waals surface area contributed by atoms with E-state index in [1.807, 2.05) is 41.3 Å². The SMILES string of the molecule is CC1c2cccn2CCN1C(=O)c1cc(-c2cccnc2)nc2c1cnn2Cc1ccco1. The highest BCUT2D eigenvalue weighted by Gasteiger charge is 2.30. The molecule has 0 N–H and O–H groups in total. The number of fused-ring (bicyclic) bond motifs is 2. The fourth-order valence-electron chi connectivity index (χ4n) is 4.56. The van der Waals surface area contributed by atoms with E-state index in [0.29, 0.717) is 30.0 Å². The highest BCUT2D eigenvalue weighted by molar-refractivity contribution is 6.06. The molecule has 1 atom stereocenters. The first-order valence-electron chi connectivity index (χ1n) is 10.9. The van der Waals surface area contributed by atoms with Crippen LogP contribution >= 0.6 is 0 Å². The minimum absolute atomic E-state index is 0.0231. The van der Waals surface area contributed by atoms with E-state index in [2.05, 4.69) is 33.8 Å². The number of amides is 1. The van der Waals surface area contributed by atoms with Crippen molar-refractivity contribution < 1.29 is 9.21 Å². The summed E-state index contributed by atoms with van der Waals surface area (Å²) >= 11 is 0. The third-order valence-corrected chi connectivity index (χ3v) is 6.29. The molecule has 8 nitrogen and oxygen atoms in total. The van der Waals surface area contributed by atoms with Gasteiger partial charge in [0, 0.05) is 42.9 Å². The van der Waals surface area contributed by atoms with E-state index in [1.165, 1.54) is 0 Å². The lowest BCUT2D eigenvalue weighted by Crippen LogP contribution is -2.40. The fourth-order valence-corrected chi connectivity index (χ4v) is 4.56. The highest BCUT2D eigenvalue weighted by Crippen LogP contribution is 2.31. The first-order valence-corrected chi connectivity index (χ1v) is 10.9. The summed E-state index contributed by atoms with van der Waals surface area (Å²) < 4.78 is 9.49. The molecule has 1 aliphatic rings. The van der Waals surface area contributed by atoms with Crippen molar-refractivity contribution in [3.05, 3.63) is 90.5 Å². The van der Waals surface area contributed by atoms with Crippen LogP contribution in [0.15, 0.2) is 77.9 Å². The van der Waals surface area contributed by atoms with E-state index in [0.717, 1.165) is 28.9 Å². The Kier molecular flexibility index (Phi) is 4.57. The second kappa shape index (κ2) is 7.74. The van der Waals surface area contributed by atoms with Gasteiger partial charge in [-0.2, -0.15) is 5.10 Å². The molecular formula is C25H22N6O2. The zero-order valence-corrected chi connectivity index (χ0v) is 18.1. The normalized spacial score (nSPS) is 15.7. The molecule has 6 heterocycles. The lowest BCUT2D eigenvalue weighted by atomic mass is 10.0. The average Bonchev–Trinajstić information content (AvgIpc) is 3.61. The molecule has 0 bridgehead atoms. The molecule has 0 spiro atoms. The standard InChI is InChI=1S/C25H22N6O2/c1-17-23-7-3-9-29(23)10-11-30(17)25(32)20-13-22(18-5-2-8-26-14-18)28-24-21(20)15-27-31(24)16-19-6-4-12-33-19/h2-9,12-15,17H,10-11,16H2,1H3. The molecule has 0 fully saturated rings. The zero-order valence-electron chi connectivity index (χ0n) is 18.1. The number of carbonyl (C=O) groups excluding carboxylic acids is 1. The van der Waals surface area contributed by atoms with Crippen LogP contribution in [0.25, 0.3) is 22.3 Å². The van der Waals surface area contributed by atoms with Crippen molar-refractivity contribution in [1.82, 2.24) is 29.2 Å². The molecule has 0 saturated heterocycles. The van der Waals surface area contributed by atoms with Crippen LogP contribution in [-0.2, 0) is 13.1 Å². The Labute approximate surface area is 190 Å². The number of aromatic nitrogens is 5. The second-order valence-electron chi connectivity index (χ2n) is 8.22. The quantitative estimate of drug-likeness (QED) is 0.421. The van der Waals surface area contributed by atoms with Crippen LogP contribution in [0.4, 0.5) is 0 Å². The summed E-state index contributed by atoms with van der Waals surface area (Å²) in [6.45, 7) is 3.93. The molecule has 164 valence electrons. The van der Waals surface area contributed by atoms with Gasteiger partial charge in [-0.05, 0) is 49.4 Å². The fraction of sp³-hybridized carbons (Fsp3) is 0.200. The number of rotatable bonds is 4. The lowest BCUT2D eigenvalue weighted by Gasteiger charge is -2.35. The van der Waals surface area contributed by atoms with E-state index >= 15 is 0 Å². The van der Waals surface area contributed by atoms with Crippen LogP contribution in [0.1, 0.15) is 34.8 Å². The Morgan fingerprint density at radius 2 is 2.09 bits per heavy atom. The van der Waals surface area contributed by atoms with Crippen molar-refractivity contribution in [3.63, 3.8) is 0 Å². The smallest absolute Gasteiger partial charge is 0.255 e. The molecule has 6 rings (SSSR count). The molecule has 1 aliphatic heterocycles. The molecule has 33 heavy (non-hydrogen) atoms. The molecule has 1 unspecified atom stereocenters. The van der Waals surface area contributed by atoms with Crippen molar-refractivity contribution in [2.24, 2.45) is 0 Å². The van der Waals surface area contributed by atoms with E-state index in [1.54, 1.807) is 29.5 Å². The first kappa shape index (κ1) is 19.5. The topological polar surface area (TPSA) is 82.0 Å². The summed E-state index contributed by atoms with van der Waals surface area (Å²) in [4.78, 5) is 24.9. The molecule has 8 heteroatoms. The zero-order chi connectivity index (χ0) is 22.4. The van der Waals surface area contributed by atoms with Crippen LogP contribution < -0.4 is 0 Å². The monoisotopic (exact) mass is 438 g/mol. The van der Waals surface area contributed by atoms with Gasteiger partial charge in [0.1, 0.15) is 12.3 Å². The number of furan rings is 1. The number of hydrogen-bond acceptors (Lipinski definition) is 5. The maximum Gasteiger partial charge on any atom is 0.255 e. The predicted octanol–water partition coefficient (Wildman–Crippen LogP) is 4.15. The summed E-state index contributed by atoms with van der Waals surface area (Å²) in [6, 6.07) is 13.5. The molecule has 1 amide bonds. The first-order chi connectivity index (χ1) is 16.2. The summed E-state index contributed by atoms with van der Waals surface area (Å²) in [5, 5.41) is 5.27. The summed E-state index contributed by atoms with van der Waals surface area (Å²) in [5.41, 5.74) is 3.91. The minimum atomic E-state index is -0.0236. The van der Waals surface area contributed by atoms with Gasteiger partial charge < -0.3 is 13.9 Å². The molecular weight excluding hydrogens is 416 g/mol. The number of hydrogen-bond donors (Lipinski definition) is 0. The van der Waals surface area contributed by atoms with Gasteiger partial charge in [-0.15, -0.1) is 0 Å². The minimum Gasteiger partial charge on any atom is -0.467 e. The van der Waals surface area contributed by atoms with Gasteiger partial charge in [-0.3, -0.25) is 9.78 Å². The van der Waals surface area contributed by atoms with Crippen LogP contribution in [0.2, 0.25) is 0 Å². The van der Waals surface area contributed by atoms with E-state index < -0.39 is 0 Å². The van der Waals surface area contributed by atoms with Crippen LogP contribution in [-0.4, -0.2) is 41.7 Å². The molecule has 0 aromatic carbocycles. The molecule has 0 saturated carbocycles. The molecule has 0 aliphatic carbocycles. The van der Waals surface area contributed by atoms with Gasteiger partial charge in [-0.25, -0.2) is 9.67 Å². The third-order valence-electron chi connectivity index (χ3n) is 6.29. The largest absolute Gasteiger partial charge is 0.467 e. The Balaban J connectivity index is 1.47. The van der Waals surface area contributed by atoms with Gasteiger partial charge >= 0.3 is 0 Å². The summed E-state index contributed by atoms with van der Waals surface area (Å²) in [7, 11) is 0. The van der Waals surface area contributed by atoms with Crippen molar-refractivity contribution in [2.45, 2.75) is 26.1 Å². The van der Waals surface area contributed by atoms with Crippen LogP contribution in [0.5, 0.6) is 0 Å². The Morgan fingerprint density at radius 1 is 1.15 bits per heavy atom. The van der Waals surface area contributed by atoms with E-state index in [9.17, 15) is 4.79 Å². The number of pyridine rings is 2. The maximum absolute atomic E-state index is 13.9. The molecule has 5 aromatic heterocycles. The Hall–Kier alpha value is -4.20. The predicted molar refractivity (Wildman–Crippen MR) is 122 cm³/mol. The van der Waals surface area contributed by atoms with Crippen LogP contribution in [0, 0.1) is 0 Å². The lowest BCUT2D eigenvalue weighted by molar-refractivity contribution is 0.0646. The van der Waals surface area contributed by atoms with Crippen LogP contribution in [0.3, 0.4) is 0 Å². The van der Waals surface area contributed by atoms with E-state index in [4.69, 9.17) is 9.40 Å². The molecule has 0 radical (unpaired) electrons. The summed E-state index contributed by atoms with van der Waals surface area (Å²) in [6.07, 6.45) is 8.91. The Bertz CT molecular complexity index is 1430. The third kappa shape index (κ3) is 3.31. The molecule has 5 aromatic rings. The maximum atomic E-state index is 13.9. The van der Waals surface area contributed by atoms with Gasteiger partial charge in [0.25, 0.3) is 5.91 Å². The second-order valence-corrected chi connectivity index (χ2v) is 8.22. The van der Waals surface area contributed by atoms with Gasteiger partial charge in [0.2, 0.25) is 0 Å². The van der Waals surface area contributed by atoms with E-state index in [-0.39, 0.29) is 11.9 Å². The van der Waals surface area contributed by atoms with Crippen molar-refractivity contribution in [3.8, 4) is 11.3 Å². The highest BCUT2D eigenvalue weighted by atomic mass is 16.3. The van der Waals surface area contributed by atoms with Crippen molar-refractivity contribution >= 4 is 16.9 Å². The van der Waals surface area contributed by atoms with Gasteiger partial charge in [0.15, 0.2) is 5.65 Å². The average molecular weight is 438 g/mol. The van der Waals surface area contributed by atoms with Crippen molar-refractivity contribution in [2.75, 3.05) is 6.54 Å². The van der Waals surface area contributed by atoms with Gasteiger partial charge in [0.05, 0.1) is 35.1 Å². The summed E-state index contributed by atoms with van der Waals surface area (Å²) in [5.74, 6) is 0.747. The van der Waals surface area contributed by atoms with Crippen molar-refractivity contribution in [1.29, 1.82) is 0 Å². The Morgan fingerprint density at radius 3 is 2.91 bits per heavy atom. The number of nitrogens with zero attached hydrogens (tertiary/aromatic N) is 6. The number of carbonyl (C=O) groups is 1. The van der Waals surface area contributed by atoms with Gasteiger partial charge in [-0.1, -0.05) is 0 Å².